The minimum absolute atomic E-state index is 0.0269. The molecule has 112 valence electrons. The van der Waals surface area contributed by atoms with Crippen LogP contribution in [0.15, 0.2) is 48.5 Å². The van der Waals surface area contributed by atoms with Crippen molar-refractivity contribution in [3.05, 3.63) is 59.4 Å². The lowest BCUT2D eigenvalue weighted by Crippen LogP contribution is -2.35. The molecular weight excluding hydrogens is 307 g/mol. The Morgan fingerprint density at radius 2 is 1.77 bits per heavy atom. The fraction of sp³-hybridized carbons (Fsp3) is 0.125. The molecule has 1 saturated heterocycles. The minimum atomic E-state index is -0.757. The van der Waals surface area contributed by atoms with Crippen molar-refractivity contribution in [2.24, 2.45) is 0 Å². The van der Waals surface area contributed by atoms with E-state index in [9.17, 15) is 14.0 Å². The first-order chi connectivity index (χ1) is 10.6. The molecule has 2 aromatic carbocycles. The molecule has 1 fully saturated rings. The summed E-state index contributed by atoms with van der Waals surface area (Å²) in [5.74, 6) is -1.54. The van der Waals surface area contributed by atoms with Crippen LogP contribution in [0.4, 0.5) is 15.8 Å². The second-order valence-corrected chi connectivity index (χ2v) is 5.31. The summed E-state index contributed by atoms with van der Waals surface area (Å²) in [5.41, 5.74) is 0.534. The summed E-state index contributed by atoms with van der Waals surface area (Å²) in [6.45, 7) is 0. The Bertz CT molecular complexity index is 750. The van der Waals surface area contributed by atoms with Crippen molar-refractivity contribution in [2.75, 3.05) is 10.2 Å². The maximum absolute atomic E-state index is 13.8. The summed E-state index contributed by atoms with van der Waals surface area (Å²) < 4.78 is 13.8. The third kappa shape index (κ3) is 2.55. The van der Waals surface area contributed by atoms with Gasteiger partial charge in [0.2, 0.25) is 5.91 Å². The zero-order valence-corrected chi connectivity index (χ0v) is 12.2. The van der Waals surface area contributed by atoms with Gasteiger partial charge in [-0.3, -0.25) is 9.59 Å². The molecule has 2 aromatic rings. The zero-order valence-electron chi connectivity index (χ0n) is 11.4. The largest absolute Gasteiger partial charge is 0.372 e. The number of carbonyl (C=O) groups excluding carboxylic acids is 2. The maximum atomic E-state index is 13.8. The molecule has 1 aliphatic rings. The lowest BCUT2D eigenvalue weighted by molar-refractivity contribution is -0.121. The molecule has 0 saturated carbocycles. The van der Waals surface area contributed by atoms with Crippen molar-refractivity contribution in [3.8, 4) is 0 Å². The van der Waals surface area contributed by atoms with Gasteiger partial charge in [0.15, 0.2) is 0 Å². The molecule has 2 amide bonds. The van der Waals surface area contributed by atoms with Gasteiger partial charge >= 0.3 is 0 Å². The minimum Gasteiger partial charge on any atom is -0.372 e. The Kier molecular flexibility index (Phi) is 3.81. The normalized spacial score (nSPS) is 17.9. The Labute approximate surface area is 131 Å². The number of nitrogens with one attached hydrogen (secondary N) is 1. The number of hydrogen-bond acceptors (Lipinski definition) is 3. The molecule has 0 aromatic heterocycles. The van der Waals surface area contributed by atoms with Crippen molar-refractivity contribution < 1.29 is 14.0 Å². The SMILES string of the molecule is O=C1C[C@@H](Nc2ccccc2Cl)C(=O)N1c1ccccc1F. The van der Waals surface area contributed by atoms with Crippen LogP contribution in [0.5, 0.6) is 0 Å². The van der Waals surface area contributed by atoms with Gasteiger partial charge in [-0.15, -0.1) is 0 Å². The van der Waals surface area contributed by atoms with Gasteiger partial charge in [-0.25, -0.2) is 9.29 Å². The number of anilines is 2. The molecule has 22 heavy (non-hydrogen) atoms. The van der Waals surface area contributed by atoms with Crippen LogP contribution in [0.1, 0.15) is 6.42 Å². The van der Waals surface area contributed by atoms with E-state index >= 15 is 0 Å². The van der Waals surface area contributed by atoms with Crippen molar-refractivity contribution >= 4 is 34.8 Å². The van der Waals surface area contributed by atoms with Gasteiger partial charge in [0, 0.05) is 0 Å². The predicted octanol–water partition coefficient (Wildman–Crippen LogP) is 3.22. The van der Waals surface area contributed by atoms with E-state index in [-0.39, 0.29) is 12.1 Å². The highest BCUT2D eigenvalue weighted by Crippen LogP contribution is 2.28. The van der Waals surface area contributed by atoms with E-state index in [1.807, 2.05) is 0 Å². The quantitative estimate of drug-likeness (QED) is 0.884. The Morgan fingerprint density at radius 1 is 1.09 bits per heavy atom. The number of carbonyl (C=O) groups is 2. The summed E-state index contributed by atoms with van der Waals surface area (Å²) in [6.07, 6.45) is -0.0433. The molecule has 0 radical (unpaired) electrons. The zero-order chi connectivity index (χ0) is 15.7. The van der Waals surface area contributed by atoms with Gasteiger partial charge < -0.3 is 5.32 Å². The van der Waals surface area contributed by atoms with Gasteiger partial charge in [0.05, 0.1) is 22.8 Å². The van der Waals surface area contributed by atoms with Crippen LogP contribution in [-0.4, -0.2) is 17.9 Å². The first-order valence-corrected chi connectivity index (χ1v) is 7.08. The van der Waals surface area contributed by atoms with Gasteiger partial charge in [-0.1, -0.05) is 35.9 Å². The highest BCUT2D eigenvalue weighted by molar-refractivity contribution is 6.33. The van der Waals surface area contributed by atoms with Crippen LogP contribution in [-0.2, 0) is 9.59 Å². The Hall–Kier alpha value is -2.40. The molecule has 0 bridgehead atoms. The smallest absolute Gasteiger partial charge is 0.256 e. The van der Waals surface area contributed by atoms with E-state index in [2.05, 4.69) is 5.32 Å². The predicted molar refractivity (Wildman–Crippen MR) is 82.4 cm³/mol. The highest BCUT2D eigenvalue weighted by atomic mass is 35.5. The molecule has 6 heteroatoms. The summed E-state index contributed by atoms with van der Waals surface area (Å²) in [4.78, 5) is 25.4. The van der Waals surface area contributed by atoms with Gasteiger partial charge in [-0.2, -0.15) is 0 Å². The van der Waals surface area contributed by atoms with Crippen LogP contribution in [0.3, 0.4) is 0 Å². The van der Waals surface area contributed by atoms with E-state index in [4.69, 9.17) is 11.6 Å². The molecule has 0 aliphatic carbocycles. The number of amides is 2. The summed E-state index contributed by atoms with van der Waals surface area (Å²) in [6, 6.07) is 11.9. The summed E-state index contributed by atoms with van der Waals surface area (Å²) in [5, 5.41) is 3.39. The number of imide groups is 1. The summed E-state index contributed by atoms with van der Waals surface area (Å²) >= 11 is 6.03. The number of nitrogens with zero attached hydrogens (tertiary/aromatic N) is 1. The number of halogens is 2. The first-order valence-electron chi connectivity index (χ1n) is 6.70. The van der Waals surface area contributed by atoms with Crippen molar-refractivity contribution in [3.63, 3.8) is 0 Å². The van der Waals surface area contributed by atoms with Crippen molar-refractivity contribution in [2.45, 2.75) is 12.5 Å². The third-order valence-corrected chi connectivity index (χ3v) is 3.77. The fourth-order valence-corrected chi connectivity index (χ4v) is 2.59. The summed E-state index contributed by atoms with van der Waals surface area (Å²) in [7, 11) is 0. The molecule has 0 spiro atoms. The molecule has 1 heterocycles. The molecule has 1 aliphatic heterocycles. The lowest BCUT2D eigenvalue weighted by atomic mass is 10.2. The topological polar surface area (TPSA) is 49.4 Å². The second-order valence-electron chi connectivity index (χ2n) is 4.90. The second kappa shape index (κ2) is 5.77. The third-order valence-electron chi connectivity index (χ3n) is 3.44. The average molecular weight is 319 g/mol. The Balaban J connectivity index is 1.86. The van der Waals surface area contributed by atoms with Gasteiger partial charge in [0.25, 0.3) is 5.91 Å². The maximum Gasteiger partial charge on any atom is 0.256 e. The van der Waals surface area contributed by atoms with E-state index < -0.39 is 23.7 Å². The van der Waals surface area contributed by atoms with Crippen LogP contribution in [0.25, 0.3) is 0 Å². The Morgan fingerprint density at radius 3 is 2.50 bits per heavy atom. The molecule has 1 N–H and O–H groups in total. The number of benzene rings is 2. The number of hydrogen-bond donors (Lipinski definition) is 1. The molecule has 1 atom stereocenters. The molecular formula is C16H12ClFN2O2. The van der Waals surface area contributed by atoms with E-state index in [1.165, 1.54) is 18.2 Å². The van der Waals surface area contributed by atoms with Crippen LogP contribution < -0.4 is 10.2 Å². The van der Waals surface area contributed by atoms with Crippen LogP contribution >= 0.6 is 11.6 Å². The first kappa shape index (κ1) is 14.5. The van der Waals surface area contributed by atoms with Crippen molar-refractivity contribution in [1.29, 1.82) is 0 Å². The monoisotopic (exact) mass is 318 g/mol. The van der Waals surface area contributed by atoms with E-state index in [0.29, 0.717) is 10.7 Å². The highest BCUT2D eigenvalue weighted by Gasteiger charge is 2.40. The van der Waals surface area contributed by atoms with Gasteiger partial charge in [0.1, 0.15) is 11.9 Å². The van der Waals surface area contributed by atoms with E-state index in [1.54, 1.807) is 30.3 Å². The van der Waals surface area contributed by atoms with Crippen LogP contribution in [0, 0.1) is 5.82 Å². The number of rotatable bonds is 3. The molecule has 3 rings (SSSR count). The average Bonchev–Trinajstić information content (AvgIpc) is 2.77. The number of para-hydroxylation sites is 2. The van der Waals surface area contributed by atoms with Gasteiger partial charge in [-0.05, 0) is 24.3 Å². The lowest BCUT2D eigenvalue weighted by Gasteiger charge is -2.17. The molecule has 4 nitrogen and oxygen atoms in total. The van der Waals surface area contributed by atoms with Crippen LogP contribution in [0.2, 0.25) is 5.02 Å². The molecule has 0 unspecified atom stereocenters. The van der Waals surface area contributed by atoms with Crippen molar-refractivity contribution in [1.82, 2.24) is 0 Å². The van der Waals surface area contributed by atoms with E-state index in [0.717, 1.165) is 4.90 Å². The standard InChI is InChI=1S/C16H12ClFN2O2/c17-10-5-1-3-7-12(10)19-13-9-15(21)20(16(13)22)14-8-4-2-6-11(14)18/h1-8,13,19H,9H2/t13-/m1/s1. The fourth-order valence-electron chi connectivity index (χ4n) is 2.40.